The minimum absolute atomic E-state index is 0. The Morgan fingerprint density at radius 3 is 2.73 bits per heavy atom. The highest BCUT2D eigenvalue weighted by Gasteiger charge is 2.40. The molecular formula is C20H31IN4O. The molecule has 1 amide bonds. The van der Waals surface area contributed by atoms with Crippen LogP contribution >= 0.6 is 24.0 Å². The third-order valence-corrected chi connectivity index (χ3v) is 5.67. The summed E-state index contributed by atoms with van der Waals surface area (Å²) in [6.07, 6.45) is 6.11. The lowest BCUT2D eigenvalue weighted by Crippen LogP contribution is -2.54. The number of amides is 1. The van der Waals surface area contributed by atoms with Crippen LogP contribution in [0.1, 0.15) is 36.8 Å². The molecule has 1 aromatic carbocycles. The van der Waals surface area contributed by atoms with Gasteiger partial charge in [-0.25, -0.2) is 0 Å². The van der Waals surface area contributed by atoms with Crippen LogP contribution in [0.5, 0.6) is 0 Å². The van der Waals surface area contributed by atoms with E-state index in [1.165, 1.54) is 36.8 Å². The Labute approximate surface area is 174 Å². The minimum Gasteiger partial charge on any atom is -0.347 e. The zero-order valence-electron chi connectivity index (χ0n) is 16.1. The number of nitrogens with one attached hydrogen (secondary N) is 1. The van der Waals surface area contributed by atoms with Crippen molar-refractivity contribution < 1.29 is 4.79 Å². The molecule has 1 unspecified atom stereocenters. The highest BCUT2D eigenvalue weighted by molar-refractivity contribution is 14.0. The van der Waals surface area contributed by atoms with E-state index in [0.29, 0.717) is 6.54 Å². The Balaban J connectivity index is 0.00000243. The normalized spacial score (nSPS) is 22.4. The molecule has 2 aliphatic rings. The molecule has 1 aliphatic heterocycles. The number of hydrogen-bond acceptors (Lipinski definition) is 2. The largest absolute Gasteiger partial charge is 0.347 e. The van der Waals surface area contributed by atoms with Crippen LogP contribution in [0.2, 0.25) is 0 Å². The summed E-state index contributed by atoms with van der Waals surface area (Å²) in [5, 5.41) is 3.25. The Kier molecular flexibility index (Phi) is 7.32. The van der Waals surface area contributed by atoms with Gasteiger partial charge in [-0.15, -0.1) is 24.0 Å². The van der Waals surface area contributed by atoms with Crippen molar-refractivity contribution in [2.45, 2.75) is 37.5 Å². The van der Waals surface area contributed by atoms with Gasteiger partial charge in [0.25, 0.3) is 0 Å². The molecule has 1 saturated heterocycles. The van der Waals surface area contributed by atoms with Crippen molar-refractivity contribution in [1.29, 1.82) is 0 Å². The lowest BCUT2D eigenvalue weighted by molar-refractivity contribution is -0.127. The van der Waals surface area contributed by atoms with Crippen molar-refractivity contribution >= 4 is 35.8 Å². The summed E-state index contributed by atoms with van der Waals surface area (Å²) in [7, 11) is 5.36. The van der Waals surface area contributed by atoms with Crippen LogP contribution in [-0.4, -0.2) is 62.4 Å². The first-order valence-electron chi connectivity index (χ1n) is 9.30. The van der Waals surface area contributed by atoms with Gasteiger partial charge in [-0.2, -0.15) is 0 Å². The van der Waals surface area contributed by atoms with E-state index in [-0.39, 0.29) is 35.3 Å². The van der Waals surface area contributed by atoms with Crippen molar-refractivity contribution in [2.75, 3.05) is 40.8 Å². The second kappa shape index (κ2) is 9.06. The standard InChI is InChI=1S/C20H30N4O.HI/c1-21-19(22-14-18(25)23(2)3)24-13-7-12-20(15-24)11-6-9-16-8-4-5-10-17(16)20;/h4-5,8,10H,6-7,9,11-15H2,1-3H3,(H,21,22);1H. The Morgan fingerprint density at radius 1 is 1.27 bits per heavy atom. The SMILES string of the molecule is CN=C(NCC(=O)N(C)C)N1CCCC2(CCCc3ccccc32)C1.I. The van der Waals surface area contributed by atoms with Crippen molar-refractivity contribution in [1.82, 2.24) is 15.1 Å². The van der Waals surface area contributed by atoms with Crippen molar-refractivity contribution in [3.05, 3.63) is 35.4 Å². The number of piperidine rings is 1. The van der Waals surface area contributed by atoms with E-state index >= 15 is 0 Å². The van der Waals surface area contributed by atoms with E-state index in [4.69, 9.17) is 0 Å². The third-order valence-electron chi connectivity index (χ3n) is 5.67. The van der Waals surface area contributed by atoms with Crippen molar-refractivity contribution in [3.8, 4) is 0 Å². The quantitative estimate of drug-likeness (QED) is 0.411. The lowest BCUT2D eigenvalue weighted by Gasteiger charge is -2.47. The number of halogens is 1. The molecule has 1 spiro atoms. The molecule has 0 bridgehead atoms. The highest BCUT2D eigenvalue weighted by Crippen LogP contribution is 2.43. The number of likely N-dealkylation sites (tertiary alicyclic amines) is 1. The molecule has 144 valence electrons. The predicted octanol–water partition coefficient (Wildman–Crippen LogP) is 2.64. The molecule has 1 fully saturated rings. The maximum Gasteiger partial charge on any atom is 0.241 e. The van der Waals surface area contributed by atoms with E-state index in [2.05, 4.69) is 39.5 Å². The van der Waals surface area contributed by atoms with Gasteiger partial charge in [0.15, 0.2) is 5.96 Å². The molecule has 1 heterocycles. The summed E-state index contributed by atoms with van der Waals surface area (Å²) < 4.78 is 0. The predicted molar refractivity (Wildman–Crippen MR) is 117 cm³/mol. The first kappa shape index (κ1) is 21.0. The minimum atomic E-state index is 0. The second-order valence-corrected chi connectivity index (χ2v) is 7.51. The molecular weight excluding hydrogens is 439 g/mol. The van der Waals surface area contributed by atoms with Gasteiger partial charge in [0.1, 0.15) is 0 Å². The first-order valence-corrected chi connectivity index (χ1v) is 9.30. The number of benzene rings is 1. The summed E-state index contributed by atoms with van der Waals surface area (Å²) in [6, 6.07) is 8.95. The van der Waals surface area contributed by atoms with Gasteiger partial charge in [0.2, 0.25) is 5.91 Å². The van der Waals surface area contributed by atoms with E-state index in [1.54, 1.807) is 26.0 Å². The monoisotopic (exact) mass is 470 g/mol. The summed E-state index contributed by atoms with van der Waals surface area (Å²) in [5.41, 5.74) is 3.28. The number of carbonyl (C=O) groups excluding carboxylic acids is 1. The summed E-state index contributed by atoms with van der Waals surface area (Å²) in [6.45, 7) is 2.28. The maximum atomic E-state index is 11.9. The van der Waals surface area contributed by atoms with E-state index in [9.17, 15) is 4.79 Å². The molecule has 1 aromatic rings. The Bertz CT molecular complexity index is 661. The highest BCUT2D eigenvalue weighted by atomic mass is 127. The van der Waals surface area contributed by atoms with Crippen LogP contribution in [0, 0.1) is 0 Å². The number of carbonyl (C=O) groups is 1. The van der Waals surface area contributed by atoms with E-state index in [1.807, 2.05) is 0 Å². The Hall–Kier alpha value is -1.31. The van der Waals surface area contributed by atoms with Gasteiger partial charge in [0, 0.05) is 39.6 Å². The summed E-state index contributed by atoms with van der Waals surface area (Å²) in [4.78, 5) is 20.3. The third kappa shape index (κ3) is 4.32. The average molecular weight is 470 g/mol. The number of aryl methyl sites for hydroxylation is 1. The number of nitrogens with zero attached hydrogens (tertiary/aromatic N) is 3. The van der Waals surface area contributed by atoms with E-state index < -0.39 is 0 Å². The molecule has 1 atom stereocenters. The number of hydrogen-bond donors (Lipinski definition) is 1. The second-order valence-electron chi connectivity index (χ2n) is 7.51. The molecule has 0 aromatic heterocycles. The van der Waals surface area contributed by atoms with Gasteiger partial charge in [-0.05, 0) is 43.2 Å². The van der Waals surface area contributed by atoms with Crippen LogP contribution in [0.15, 0.2) is 29.3 Å². The number of aliphatic imine (C=N–C) groups is 1. The van der Waals surface area contributed by atoms with Crippen LogP contribution in [0.3, 0.4) is 0 Å². The lowest BCUT2D eigenvalue weighted by atomic mass is 9.66. The fourth-order valence-electron chi connectivity index (χ4n) is 4.39. The fraction of sp³-hybridized carbons (Fsp3) is 0.600. The molecule has 6 heteroatoms. The van der Waals surface area contributed by atoms with Gasteiger partial charge in [-0.3, -0.25) is 9.79 Å². The first-order chi connectivity index (χ1) is 12.1. The maximum absolute atomic E-state index is 11.9. The number of guanidine groups is 1. The molecule has 0 radical (unpaired) electrons. The molecule has 26 heavy (non-hydrogen) atoms. The fourth-order valence-corrected chi connectivity index (χ4v) is 4.39. The number of fused-ring (bicyclic) bond motifs is 2. The van der Waals surface area contributed by atoms with E-state index in [0.717, 1.165) is 25.5 Å². The molecule has 1 aliphatic carbocycles. The van der Waals surface area contributed by atoms with Crippen LogP contribution in [0.4, 0.5) is 0 Å². The Morgan fingerprint density at radius 2 is 2.00 bits per heavy atom. The summed E-state index contributed by atoms with van der Waals surface area (Å²) >= 11 is 0. The molecule has 3 rings (SSSR count). The molecule has 1 N–H and O–H groups in total. The number of likely N-dealkylation sites (N-methyl/N-ethyl adjacent to an activating group) is 1. The smallest absolute Gasteiger partial charge is 0.241 e. The van der Waals surface area contributed by atoms with Crippen molar-refractivity contribution in [2.24, 2.45) is 4.99 Å². The zero-order valence-corrected chi connectivity index (χ0v) is 18.5. The zero-order chi connectivity index (χ0) is 17.9. The van der Waals surface area contributed by atoms with Gasteiger partial charge in [-0.1, -0.05) is 24.3 Å². The van der Waals surface area contributed by atoms with Crippen molar-refractivity contribution in [3.63, 3.8) is 0 Å². The summed E-state index contributed by atoms with van der Waals surface area (Å²) in [5.74, 6) is 0.910. The van der Waals surface area contributed by atoms with Crippen LogP contribution < -0.4 is 5.32 Å². The van der Waals surface area contributed by atoms with Gasteiger partial charge in [0.05, 0.1) is 6.54 Å². The number of rotatable bonds is 2. The molecule has 0 saturated carbocycles. The average Bonchev–Trinajstić information content (AvgIpc) is 2.63. The topological polar surface area (TPSA) is 47.9 Å². The van der Waals surface area contributed by atoms with Crippen LogP contribution in [0.25, 0.3) is 0 Å². The van der Waals surface area contributed by atoms with Gasteiger partial charge >= 0.3 is 0 Å². The molecule has 5 nitrogen and oxygen atoms in total. The van der Waals surface area contributed by atoms with Gasteiger partial charge < -0.3 is 15.1 Å². The van der Waals surface area contributed by atoms with Crippen LogP contribution in [-0.2, 0) is 16.6 Å².